The van der Waals surface area contributed by atoms with E-state index in [9.17, 15) is 4.79 Å². The average Bonchev–Trinajstić information content (AvgIpc) is 2.35. The maximum absolute atomic E-state index is 12.1. The van der Waals surface area contributed by atoms with Crippen LogP contribution in [0.2, 0.25) is 0 Å². The lowest BCUT2D eigenvalue weighted by Gasteiger charge is -2.08. The molecule has 2 rings (SSSR count). The quantitative estimate of drug-likeness (QED) is 0.751. The molecular weight excluding hydrogens is 407 g/mol. The highest BCUT2D eigenvalue weighted by molar-refractivity contribution is 14.1. The van der Waals surface area contributed by atoms with Crippen molar-refractivity contribution in [1.82, 2.24) is 4.98 Å². The van der Waals surface area contributed by atoms with E-state index in [0.29, 0.717) is 11.4 Å². The minimum atomic E-state index is -0.150. The number of hydrogen-bond donors (Lipinski definition) is 1. The van der Waals surface area contributed by atoms with Gasteiger partial charge in [-0.2, -0.15) is 0 Å². The van der Waals surface area contributed by atoms with E-state index in [-0.39, 0.29) is 5.91 Å². The summed E-state index contributed by atoms with van der Waals surface area (Å²) in [5.41, 5.74) is 1.56. The molecule has 0 aliphatic heterocycles. The van der Waals surface area contributed by atoms with Gasteiger partial charge >= 0.3 is 0 Å². The molecule has 3 nitrogen and oxygen atoms in total. The van der Waals surface area contributed by atoms with Gasteiger partial charge in [0.15, 0.2) is 0 Å². The van der Waals surface area contributed by atoms with Crippen molar-refractivity contribution in [1.29, 1.82) is 0 Å². The van der Waals surface area contributed by atoms with E-state index in [2.05, 4.69) is 48.8 Å². The Morgan fingerprint density at radius 1 is 1.33 bits per heavy atom. The molecule has 1 aromatic carbocycles. The molecule has 2 aromatic rings. The van der Waals surface area contributed by atoms with E-state index in [1.807, 2.05) is 25.1 Å². The normalized spacial score (nSPS) is 10.2. The Bertz CT molecular complexity index is 584. The van der Waals surface area contributed by atoms with E-state index in [1.165, 1.54) is 0 Å². The third-order valence-corrected chi connectivity index (χ3v) is 3.98. The van der Waals surface area contributed by atoms with Crippen molar-refractivity contribution in [3.8, 4) is 0 Å². The molecule has 1 aromatic heterocycles. The lowest BCUT2D eigenvalue weighted by Crippen LogP contribution is -2.14. The molecule has 0 aliphatic carbocycles. The molecule has 1 N–H and O–H groups in total. The zero-order chi connectivity index (χ0) is 13.1. The molecule has 0 fully saturated rings. The van der Waals surface area contributed by atoms with Crippen molar-refractivity contribution in [3.63, 3.8) is 0 Å². The summed E-state index contributed by atoms with van der Waals surface area (Å²) in [6.45, 7) is 1.90. The molecule has 0 saturated heterocycles. The minimum absolute atomic E-state index is 0.150. The number of anilines is 1. The summed E-state index contributed by atoms with van der Waals surface area (Å²) < 4.78 is 1.95. The van der Waals surface area contributed by atoms with Crippen LogP contribution in [-0.4, -0.2) is 10.9 Å². The second-order valence-electron chi connectivity index (χ2n) is 3.73. The van der Waals surface area contributed by atoms with Crippen molar-refractivity contribution in [3.05, 3.63) is 55.7 Å². The molecule has 5 heteroatoms. The van der Waals surface area contributed by atoms with Crippen LogP contribution in [0.3, 0.4) is 0 Å². The molecule has 0 spiro atoms. The van der Waals surface area contributed by atoms with E-state index < -0.39 is 0 Å². The molecule has 0 bridgehead atoms. The van der Waals surface area contributed by atoms with Crippen LogP contribution in [0.5, 0.6) is 0 Å². The first-order valence-corrected chi connectivity index (χ1v) is 7.13. The summed E-state index contributed by atoms with van der Waals surface area (Å²) in [6, 6.07) is 9.23. The number of nitrogens with zero attached hydrogens (tertiary/aromatic N) is 1. The molecule has 18 heavy (non-hydrogen) atoms. The number of benzene rings is 1. The van der Waals surface area contributed by atoms with Gasteiger partial charge in [-0.15, -0.1) is 0 Å². The fourth-order valence-corrected chi connectivity index (χ4v) is 2.17. The number of amides is 1. The third-order valence-electron chi connectivity index (χ3n) is 2.48. The zero-order valence-electron chi connectivity index (χ0n) is 9.58. The van der Waals surface area contributed by atoms with Gasteiger partial charge in [0.2, 0.25) is 0 Å². The van der Waals surface area contributed by atoms with Crippen LogP contribution in [0.15, 0.2) is 41.0 Å². The van der Waals surface area contributed by atoms with Crippen LogP contribution in [-0.2, 0) is 0 Å². The first-order valence-electron chi connectivity index (χ1n) is 5.26. The van der Waals surface area contributed by atoms with Gasteiger partial charge in [0.05, 0.1) is 0 Å². The van der Waals surface area contributed by atoms with E-state index >= 15 is 0 Å². The molecular formula is C13H10BrIN2O. The van der Waals surface area contributed by atoms with Crippen LogP contribution < -0.4 is 5.32 Å². The van der Waals surface area contributed by atoms with Gasteiger partial charge < -0.3 is 5.32 Å². The van der Waals surface area contributed by atoms with Crippen molar-refractivity contribution >= 4 is 50.2 Å². The molecule has 92 valence electrons. The van der Waals surface area contributed by atoms with E-state index in [0.717, 1.165) is 13.6 Å². The number of carbonyl (C=O) groups is 1. The van der Waals surface area contributed by atoms with Crippen molar-refractivity contribution in [2.45, 2.75) is 6.92 Å². The topological polar surface area (TPSA) is 42.0 Å². The van der Waals surface area contributed by atoms with Crippen LogP contribution in [0, 0.1) is 10.5 Å². The molecule has 0 unspecified atom stereocenters. The number of nitrogens with one attached hydrogen (secondary N) is 1. The van der Waals surface area contributed by atoms with Crippen molar-refractivity contribution in [2.24, 2.45) is 0 Å². The Hall–Kier alpha value is -0.950. The lowest BCUT2D eigenvalue weighted by atomic mass is 10.1. The molecule has 0 aliphatic rings. The Kier molecular flexibility index (Phi) is 4.34. The van der Waals surface area contributed by atoms with Crippen molar-refractivity contribution < 1.29 is 4.79 Å². The van der Waals surface area contributed by atoms with E-state index in [4.69, 9.17) is 0 Å². The zero-order valence-corrected chi connectivity index (χ0v) is 13.3. The minimum Gasteiger partial charge on any atom is -0.307 e. The summed E-state index contributed by atoms with van der Waals surface area (Å²) in [5.74, 6) is 0.405. The lowest BCUT2D eigenvalue weighted by molar-refractivity contribution is 0.102. The summed E-state index contributed by atoms with van der Waals surface area (Å²) in [4.78, 5) is 16.2. The Morgan fingerprint density at radius 2 is 2.11 bits per heavy atom. The largest absolute Gasteiger partial charge is 0.307 e. The fraction of sp³-hybridized carbons (Fsp3) is 0.0769. The third kappa shape index (κ3) is 3.08. The summed E-state index contributed by atoms with van der Waals surface area (Å²) in [5, 5.41) is 2.78. The van der Waals surface area contributed by atoms with Crippen LogP contribution in [0.4, 0.5) is 5.82 Å². The Labute approximate surface area is 127 Å². The molecule has 0 atom stereocenters. The number of carbonyl (C=O) groups excluding carboxylic acids is 1. The van der Waals surface area contributed by atoms with Gasteiger partial charge in [-0.25, -0.2) is 4.98 Å². The number of hydrogen-bond acceptors (Lipinski definition) is 2. The average molecular weight is 417 g/mol. The SMILES string of the molecule is Cc1c(Br)cccc1C(=O)Nc1ccc(I)cn1. The Morgan fingerprint density at radius 3 is 2.78 bits per heavy atom. The van der Waals surface area contributed by atoms with Gasteiger partial charge in [0, 0.05) is 19.8 Å². The smallest absolute Gasteiger partial charge is 0.257 e. The Balaban J connectivity index is 2.22. The second-order valence-corrected chi connectivity index (χ2v) is 5.83. The monoisotopic (exact) mass is 416 g/mol. The molecule has 1 amide bonds. The number of aromatic nitrogens is 1. The fourth-order valence-electron chi connectivity index (χ4n) is 1.49. The highest BCUT2D eigenvalue weighted by Gasteiger charge is 2.11. The maximum atomic E-state index is 12.1. The molecule has 0 radical (unpaired) electrons. The number of rotatable bonds is 2. The van der Waals surface area contributed by atoms with Gasteiger partial charge in [0.25, 0.3) is 5.91 Å². The van der Waals surface area contributed by atoms with Crippen LogP contribution in [0.1, 0.15) is 15.9 Å². The van der Waals surface area contributed by atoms with Gasteiger partial charge in [0.1, 0.15) is 5.82 Å². The maximum Gasteiger partial charge on any atom is 0.257 e. The predicted molar refractivity (Wildman–Crippen MR) is 83.8 cm³/mol. The summed E-state index contributed by atoms with van der Waals surface area (Å²) in [6.07, 6.45) is 1.71. The van der Waals surface area contributed by atoms with E-state index in [1.54, 1.807) is 18.3 Å². The van der Waals surface area contributed by atoms with Crippen LogP contribution in [0.25, 0.3) is 0 Å². The van der Waals surface area contributed by atoms with Crippen LogP contribution >= 0.6 is 38.5 Å². The summed E-state index contributed by atoms with van der Waals surface area (Å²) in [7, 11) is 0. The van der Waals surface area contributed by atoms with Gasteiger partial charge in [-0.1, -0.05) is 22.0 Å². The van der Waals surface area contributed by atoms with Crippen molar-refractivity contribution in [2.75, 3.05) is 5.32 Å². The first-order chi connectivity index (χ1) is 8.58. The second kappa shape index (κ2) is 5.79. The summed E-state index contributed by atoms with van der Waals surface area (Å²) >= 11 is 5.58. The standard InChI is InChI=1S/C13H10BrIN2O/c1-8-10(3-2-4-11(8)14)13(18)17-12-6-5-9(15)7-16-12/h2-7H,1H3,(H,16,17,18). The highest BCUT2D eigenvalue weighted by Crippen LogP contribution is 2.20. The van der Waals surface area contributed by atoms with Gasteiger partial charge in [-0.05, 0) is 59.3 Å². The first kappa shape index (κ1) is 13.5. The van der Waals surface area contributed by atoms with Gasteiger partial charge in [-0.3, -0.25) is 4.79 Å². The number of pyridine rings is 1. The highest BCUT2D eigenvalue weighted by atomic mass is 127. The molecule has 1 heterocycles. The predicted octanol–water partition coefficient (Wildman–Crippen LogP) is 4.01. The number of halogens is 2. The molecule has 0 saturated carbocycles.